The number of rotatable bonds is 5. The van der Waals surface area contributed by atoms with Crippen LogP contribution in [-0.2, 0) is 11.3 Å². The Morgan fingerprint density at radius 3 is 2.54 bits per heavy atom. The molecular formula is C11H15NO. The van der Waals surface area contributed by atoms with Crippen molar-refractivity contribution in [3.8, 4) is 0 Å². The minimum absolute atomic E-state index is 0.720. The standard InChI is InChI=1S/C11H15NO/c1-2-8-12(10-13)9-11-6-4-3-5-7-11/h3-7,10H,2,8-9H2,1H3. The minimum atomic E-state index is 0.720. The van der Waals surface area contributed by atoms with Crippen LogP contribution in [0.15, 0.2) is 30.3 Å². The molecule has 1 aromatic carbocycles. The molecule has 0 bridgehead atoms. The molecule has 13 heavy (non-hydrogen) atoms. The van der Waals surface area contributed by atoms with Crippen LogP contribution in [0.5, 0.6) is 0 Å². The maximum absolute atomic E-state index is 10.6. The average Bonchev–Trinajstić information content (AvgIpc) is 2.19. The van der Waals surface area contributed by atoms with E-state index in [-0.39, 0.29) is 0 Å². The molecular weight excluding hydrogens is 162 g/mol. The summed E-state index contributed by atoms with van der Waals surface area (Å²) in [6.45, 7) is 3.62. The number of carbonyl (C=O) groups excluding carboxylic acids is 1. The summed E-state index contributed by atoms with van der Waals surface area (Å²) < 4.78 is 0. The maximum Gasteiger partial charge on any atom is 0.210 e. The molecule has 0 saturated heterocycles. The van der Waals surface area contributed by atoms with Gasteiger partial charge < -0.3 is 4.90 Å². The summed E-state index contributed by atoms with van der Waals surface area (Å²) in [6, 6.07) is 10.0. The highest BCUT2D eigenvalue weighted by molar-refractivity contribution is 5.47. The van der Waals surface area contributed by atoms with Gasteiger partial charge in [0.1, 0.15) is 0 Å². The second kappa shape index (κ2) is 5.36. The predicted molar refractivity (Wildman–Crippen MR) is 53.2 cm³/mol. The van der Waals surface area contributed by atoms with E-state index in [0.717, 1.165) is 25.9 Å². The van der Waals surface area contributed by atoms with Crippen LogP contribution < -0.4 is 0 Å². The Morgan fingerprint density at radius 2 is 2.00 bits per heavy atom. The topological polar surface area (TPSA) is 20.3 Å². The monoisotopic (exact) mass is 177 g/mol. The van der Waals surface area contributed by atoms with Crippen LogP contribution in [0.1, 0.15) is 18.9 Å². The molecule has 0 radical (unpaired) electrons. The number of benzene rings is 1. The fourth-order valence-corrected chi connectivity index (χ4v) is 1.27. The SMILES string of the molecule is CCCN(C=O)Cc1ccccc1. The van der Waals surface area contributed by atoms with Gasteiger partial charge in [-0.2, -0.15) is 0 Å². The zero-order valence-electron chi connectivity index (χ0n) is 7.94. The van der Waals surface area contributed by atoms with Gasteiger partial charge in [0, 0.05) is 13.1 Å². The van der Waals surface area contributed by atoms with Crippen molar-refractivity contribution >= 4 is 6.41 Å². The van der Waals surface area contributed by atoms with Gasteiger partial charge in [-0.25, -0.2) is 0 Å². The molecule has 2 nitrogen and oxygen atoms in total. The quantitative estimate of drug-likeness (QED) is 0.630. The molecule has 0 aliphatic heterocycles. The first kappa shape index (κ1) is 9.78. The van der Waals surface area contributed by atoms with Gasteiger partial charge in [0.25, 0.3) is 0 Å². The predicted octanol–water partition coefficient (Wildman–Crippen LogP) is 2.05. The van der Waals surface area contributed by atoms with Crippen LogP contribution in [-0.4, -0.2) is 17.9 Å². The average molecular weight is 177 g/mol. The highest BCUT2D eigenvalue weighted by Crippen LogP contribution is 2.02. The van der Waals surface area contributed by atoms with E-state index in [4.69, 9.17) is 0 Å². The zero-order chi connectivity index (χ0) is 9.52. The number of hydrogen-bond acceptors (Lipinski definition) is 1. The third-order valence-electron chi connectivity index (χ3n) is 1.89. The normalized spacial score (nSPS) is 9.62. The van der Waals surface area contributed by atoms with E-state index in [2.05, 4.69) is 6.92 Å². The van der Waals surface area contributed by atoms with E-state index in [9.17, 15) is 4.79 Å². The number of carbonyl (C=O) groups is 1. The fraction of sp³-hybridized carbons (Fsp3) is 0.364. The van der Waals surface area contributed by atoms with Gasteiger partial charge in [-0.3, -0.25) is 4.79 Å². The van der Waals surface area contributed by atoms with Gasteiger partial charge in [-0.15, -0.1) is 0 Å². The van der Waals surface area contributed by atoms with Crippen molar-refractivity contribution in [3.63, 3.8) is 0 Å². The Balaban J connectivity index is 2.51. The molecule has 70 valence electrons. The second-order valence-corrected chi connectivity index (χ2v) is 3.06. The van der Waals surface area contributed by atoms with Crippen molar-refractivity contribution in [2.45, 2.75) is 19.9 Å². The summed E-state index contributed by atoms with van der Waals surface area (Å²) in [5, 5.41) is 0. The summed E-state index contributed by atoms with van der Waals surface area (Å²) in [7, 11) is 0. The van der Waals surface area contributed by atoms with Crippen LogP contribution in [0.3, 0.4) is 0 Å². The van der Waals surface area contributed by atoms with E-state index in [1.165, 1.54) is 5.56 Å². The molecule has 0 spiro atoms. The van der Waals surface area contributed by atoms with Crippen LogP contribution in [0.2, 0.25) is 0 Å². The first-order valence-corrected chi connectivity index (χ1v) is 4.60. The Morgan fingerprint density at radius 1 is 1.31 bits per heavy atom. The first-order valence-electron chi connectivity index (χ1n) is 4.60. The lowest BCUT2D eigenvalue weighted by molar-refractivity contribution is -0.118. The van der Waals surface area contributed by atoms with Crippen LogP contribution in [0, 0.1) is 0 Å². The molecule has 1 rings (SSSR count). The summed E-state index contributed by atoms with van der Waals surface area (Å²) in [5.41, 5.74) is 1.18. The molecule has 1 aromatic rings. The minimum Gasteiger partial charge on any atom is -0.341 e. The third kappa shape index (κ3) is 3.28. The highest BCUT2D eigenvalue weighted by Gasteiger charge is 1.99. The lowest BCUT2D eigenvalue weighted by Gasteiger charge is -2.15. The zero-order valence-corrected chi connectivity index (χ0v) is 7.94. The number of hydrogen-bond donors (Lipinski definition) is 0. The first-order chi connectivity index (χ1) is 6.36. The Labute approximate surface area is 79.2 Å². The van der Waals surface area contributed by atoms with Crippen molar-refractivity contribution in [1.29, 1.82) is 0 Å². The second-order valence-electron chi connectivity index (χ2n) is 3.06. The van der Waals surface area contributed by atoms with Crippen LogP contribution in [0.4, 0.5) is 0 Å². The maximum atomic E-state index is 10.6. The molecule has 0 fully saturated rings. The van der Waals surface area contributed by atoms with Crippen molar-refractivity contribution in [3.05, 3.63) is 35.9 Å². The third-order valence-corrected chi connectivity index (χ3v) is 1.89. The molecule has 0 heterocycles. The van der Waals surface area contributed by atoms with E-state index in [0.29, 0.717) is 0 Å². The molecule has 0 unspecified atom stereocenters. The molecule has 0 N–H and O–H groups in total. The smallest absolute Gasteiger partial charge is 0.210 e. The number of amides is 1. The van der Waals surface area contributed by atoms with E-state index in [1.807, 2.05) is 30.3 Å². The summed E-state index contributed by atoms with van der Waals surface area (Å²) in [6.07, 6.45) is 1.92. The molecule has 1 amide bonds. The van der Waals surface area contributed by atoms with E-state index < -0.39 is 0 Å². The van der Waals surface area contributed by atoms with Gasteiger partial charge >= 0.3 is 0 Å². The number of nitrogens with zero attached hydrogens (tertiary/aromatic N) is 1. The summed E-state index contributed by atoms with van der Waals surface area (Å²) in [5.74, 6) is 0. The van der Waals surface area contributed by atoms with Gasteiger partial charge in [0.05, 0.1) is 0 Å². The van der Waals surface area contributed by atoms with Gasteiger partial charge in [0.2, 0.25) is 6.41 Å². The fourth-order valence-electron chi connectivity index (χ4n) is 1.27. The van der Waals surface area contributed by atoms with Crippen molar-refractivity contribution in [2.75, 3.05) is 6.54 Å². The van der Waals surface area contributed by atoms with Crippen molar-refractivity contribution < 1.29 is 4.79 Å². The summed E-state index contributed by atoms with van der Waals surface area (Å²) in [4.78, 5) is 12.4. The summed E-state index contributed by atoms with van der Waals surface area (Å²) >= 11 is 0. The van der Waals surface area contributed by atoms with Crippen molar-refractivity contribution in [2.24, 2.45) is 0 Å². The lowest BCUT2D eigenvalue weighted by Crippen LogP contribution is -2.21. The molecule has 0 aliphatic carbocycles. The van der Waals surface area contributed by atoms with Gasteiger partial charge in [0.15, 0.2) is 0 Å². The molecule has 0 aliphatic rings. The Hall–Kier alpha value is -1.31. The van der Waals surface area contributed by atoms with E-state index in [1.54, 1.807) is 4.90 Å². The Bertz CT molecular complexity index is 246. The van der Waals surface area contributed by atoms with Crippen LogP contribution >= 0.6 is 0 Å². The van der Waals surface area contributed by atoms with Crippen molar-refractivity contribution in [1.82, 2.24) is 4.90 Å². The molecule has 2 heteroatoms. The lowest BCUT2D eigenvalue weighted by atomic mass is 10.2. The Kier molecular flexibility index (Phi) is 4.03. The van der Waals surface area contributed by atoms with E-state index >= 15 is 0 Å². The van der Waals surface area contributed by atoms with Gasteiger partial charge in [-0.1, -0.05) is 37.3 Å². The highest BCUT2D eigenvalue weighted by atomic mass is 16.1. The van der Waals surface area contributed by atoms with Gasteiger partial charge in [-0.05, 0) is 12.0 Å². The largest absolute Gasteiger partial charge is 0.341 e. The molecule has 0 saturated carbocycles. The molecule has 0 atom stereocenters. The molecule has 0 aromatic heterocycles. The van der Waals surface area contributed by atoms with Crippen LogP contribution in [0.25, 0.3) is 0 Å².